The first-order valence-electron chi connectivity index (χ1n) is 13.5. The van der Waals surface area contributed by atoms with E-state index in [0.29, 0.717) is 54.2 Å². The predicted molar refractivity (Wildman–Crippen MR) is 152 cm³/mol. The monoisotopic (exact) mass is 543 g/mol. The van der Waals surface area contributed by atoms with Crippen LogP contribution in [0.2, 0.25) is 0 Å². The molecule has 40 heavy (non-hydrogen) atoms. The molecule has 206 valence electrons. The lowest BCUT2D eigenvalue weighted by atomic mass is 10.0. The molecule has 6 rings (SSSR count). The van der Waals surface area contributed by atoms with E-state index in [1.54, 1.807) is 17.0 Å². The van der Waals surface area contributed by atoms with Gasteiger partial charge in [-0.25, -0.2) is 9.37 Å². The summed E-state index contributed by atoms with van der Waals surface area (Å²) in [5, 5.41) is 13.5. The lowest BCUT2D eigenvalue weighted by Crippen LogP contribution is -2.40. The maximum atomic E-state index is 15.2. The molecule has 3 N–H and O–H groups in total. The standard InChI is InChI=1S/C30H30FN5O4/c31-24-6-1-19(30(39)36-13-15-40-16-14-36)17-23(24)26-18-27(28-25(34-26)7-10-32-29(28)38)33-20-2-4-21(5-3-20)35-11-8-22(37)9-12-35/h1-7,10,17-18,22,37H,8-9,11-16H2,(H,32,38)(H,33,34). The maximum absolute atomic E-state index is 15.2. The Morgan fingerprint density at radius 1 is 1.02 bits per heavy atom. The van der Waals surface area contributed by atoms with E-state index in [-0.39, 0.29) is 23.1 Å². The molecule has 0 radical (unpaired) electrons. The zero-order valence-electron chi connectivity index (χ0n) is 21.9. The molecule has 9 nitrogen and oxygen atoms in total. The zero-order valence-corrected chi connectivity index (χ0v) is 21.9. The number of carbonyl (C=O) groups excluding carboxylic acids is 1. The Morgan fingerprint density at radius 3 is 2.52 bits per heavy atom. The van der Waals surface area contributed by atoms with Crippen molar-refractivity contribution in [1.29, 1.82) is 0 Å². The summed E-state index contributed by atoms with van der Waals surface area (Å²) < 4.78 is 20.5. The Balaban J connectivity index is 1.34. The summed E-state index contributed by atoms with van der Waals surface area (Å²) >= 11 is 0. The van der Waals surface area contributed by atoms with Gasteiger partial charge in [-0.1, -0.05) is 0 Å². The van der Waals surface area contributed by atoms with E-state index in [1.807, 2.05) is 24.3 Å². The predicted octanol–water partition coefficient (Wildman–Crippen LogP) is 3.91. The van der Waals surface area contributed by atoms with Crippen LogP contribution in [0.4, 0.5) is 21.5 Å². The van der Waals surface area contributed by atoms with Crippen molar-refractivity contribution in [3.05, 3.63) is 82.5 Å². The number of pyridine rings is 2. The van der Waals surface area contributed by atoms with Crippen molar-refractivity contribution in [3.8, 4) is 11.3 Å². The van der Waals surface area contributed by atoms with Gasteiger partial charge in [0.25, 0.3) is 11.5 Å². The molecule has 2 fully saturated rings. The van der Waals surface area contributed by atoms with Gasteiger partial charge in [0.15, 0.2) is 0 Å². The van der Waals surface area contributed by atoms with Crippen molar-refractivity contribution in [2.45, 2.75) is 18.9 Å². The number of benzene rings is 2. The number of hydrogen-bond donors (Lipinski definition) is 3. The van der Waals surface area contributed by atoms with Crippen molar-refractivity contribution in [2.75, 3.05) is 49.6 Å². The van der Waals surface area contributed by atoms with Crippen LogP contribution in [0.3, 0.4) is 0 Å². The number of anilines is 3. The van der Waals surface area contributed by atoms with Crippen LogP contribution in [0.5, 0.6) is 0 Å². The highest BCUT2D eigenvalue weighted by Gasteiger charge is 2.21. The average Bonchev–Trinajstić information content (AvgIpc) is 2.98. The number of H-pyrrole nitrogens is 1. The van der Waals surface area contributed by atoms with Gasteiger partial charge in [0.1, 0.15) is 5.82 Å². The number of aliphatic hydroxyl groups excluding tert-OH is 1. The van der Waals surface area contributed by atoms with E-state index >= 15 is 4.39 Å². The minimum absolute atomic E-state index is 0.173. The Morgan fingerprint density at radius 2 is 1.77 bits per heavy atom. The molecule has 4 aromatic rings. The highest BCUT2D eigenvalue weighted by atomic mass is 19.1. The molecule has 0 bridgehead atoms. The molecule has 10 heteroatoms. The van der Waals surface area contributed by atoms with Crippen molar-refractivity contribution in [2.24, 2.45) is 0 Å². The van der Waals surface area contributed by atoms with Crippen LogP contribution in [0.25, 0.3) is 22.2 Å². The lowest BCUT2D eigenvalue weighted by Gasteiger charge is -2.31. The van der Waals surface area contributed by atoms with Crippen LogP contribution in [0.15, 0.2) is 65.6 Å². The third kappa shape index (κ3) is 5.28. The summed E-state index contributed by atoms with van der Waals surface area (Å²) in [6.45, 7) is 3.49. The molecular weight excluding hydrogens is 513 g/mol. The molecule has 2 aliphatic rings. The summed E-state index contributed by atoms with van der Waals surface area (Å²) in [4.78, 5) is 37.1. The normalized spacial score (nSPS) is 16.4. The summed E-state index contributed by atoms with van der Waals surface area (Å²) in [5.41, 5.74) is 3.20. The van der Waals surface area contributed by atoms with Gasteiger partial charge in [-0.3, -0.25) is 9.59 Å². The van der Waals surface area contributed by atoms with E-state index in [2.05, 4.69) is 20.2 Å². The highest BCUT2D eigenvalue weighted by molar-refractivity contribution is 5.97. The fourth-order valence-electron chi connectivity index (χ4n) is 5.27. The Kier molecular flexibility index (Phi) is 7.19. The molecule has 2 aliphatic heterocycles. The number of morpholine rings is 1. The van der Waals surface area contributed by atoms with E-state index in [1.165, 1.54) is 24.4 Å². The van der Waals surface area contributed by atoms with Crippen molar-refractivity contribution < 1.29 is 19.0 Å². The molecule has 0 aliphatic carbocycles. The number of nitrogens with one attached hydrogen (secondary N) is 2. The van der Waals surface area contributed by atoms with Crippen LogP contribution < -0.4 is 15.8 Å². The first-order valence-corrected chi connectivity index (χ1v) is 13.5. The van der Waals surface area contributed by atoms with Gasteiger partial charge in [-0.05, 0) is 67.4 Å². The van der Waals surface area contributed by atoms with Gasteiger partial charge < -0.3 is 29.9 Å². The molecule has 4 heterocycles. The highest BCUT2D eigenvalue weighted by Crippen LogP contribution is 2.31. The third-order valence-electron chi connectivity index (χ3n) is 7.49. The lowest BCUT2D eigenvalue weighted by molar-refractivity contribution is 0.0303. The van der Waals surface area contributed by atoms with Gasteiger partial charge >= 0.3 is 0 Å². The largest absolute Gasteiger partial charge is 0.393 e. The van der Waals surface area contributed by atoms with Crippen LogP contribution in [-0.2, 0) is 4.74 Å². The Hall–Kier alpha value is -4.28. The minimum Gasteiger partial charge on any atom is -0.393 e. The Labute approximate surface area is 230 Å². The molecule has 0 spiro atoms. The number of piperidine rings is 1. The van der Waals surface area contributed by atoms with Gasteiger partial charge in [0.2, 0.25) is 0 Å². The summed E-state index contributed by atoms with van der Waals surface area (Å²) in [7, 11) is 0. The van der Waals surface area contributed by atoms with Gasteiger partial charge in [-0.2, -0.15) is 0 Å². The number of carbonyl (C=O) groups is 1. The maximum Gasteiger partial charge on any atom is 0.259 e. The zero-order chi connectivity index (χ0) is 27.6. The average molecular weight is 544 g/mol. The Bertz CT molecular complexity index is 1590. The quantitative estimate of drug-likeness (QED) is 0.350. The number of nitrogens with zero attached hydrogens (tertiary/aromatic N) is 3. The number of amides is 1. The number of rotatable bonds is 5. The van der Waals surface area contributed by atoms with Crippen molar-refractivity contribution in [3.63, 3.8) is 0 Å². The van der Waals surface area contributed by atoms with Crippen LogP contribution >= 0.6 is 0 Å². The molecule has 0 unspecified atom stereocenters. The summed E-state index contributed by atoms with van der Waals surface area (Å²) in [5.74, 6) is -0.708. The summed E-state index contributed by atoms with van der Waals surface area (Å²) in [6.07, 6.45) is 2.74. The van der Waals surface area contributed by atoms with Crippen molar-refractivity contribution in [1.82, 2.24) is 14.9 Å². The second-order valence-electron chi connectivity index (χ2n) is 10.1. The SMILES string of the molecule is O=C(c1ccc(F)c(-c2cc(Nc3ccc(N4CCC(O)CC4)cc3)c3c(=O)[nH]ccc3n2)c1)N1CCOCC1. The van der Waals surface area contributed by atoms with Crippen LogP contribution in [0.1, 0.15) is 23.2 Å². The van der Waals surface area contributed by atoms with Gasteiger partial charge in [-0.15, -0.1) is 0 Å². The first-order chi connectivity index (χ1) is 19.5. The second-order valence-corrected chi connectivity index (χ2v) is 10.1. The first kappa shape index (κ1) is 26.0. The number of fused-ring (bicyclic) bond motifs is 1. The second kappa shape index (κ2) is 11.1. The molecule has 1 amide bonds. The fourth-order valence-corrected chi connectivity index (χ4v) is 5.27. The van der Waals surface area contributed by atoms with E-state index < -0.39 is 5.82 Å². The van der Waals surface area contributed by atoms with E-state index in [0.717, 1.165) is 37.3 Å². The fraction of sp³-hybridized carbons (Fsp3) is 0.300. The van der Waals surface area contributed by atoms with Crippen LogP contribution in [-0.4, -0.2) is 71.4 Å². The smallest absolute Gasteiger partial charge is 0.259 e. The van der Waals surface area contributed by atoms with Crippen molar-refractivity contribution >= 4 is 33.9 Å². The topological polar surface area (TPSA) is 111 Å². The summed E-state index contributed by atoms with van der Waals surface area (Å²) in [6, 6.07) is 15.4. The van der Waals surface area contributed by atoms with E-state index in [4.69, 9.17) is 4.74 Å². The number of aliphatic hydroxyl groups is 1. The number of halogens is 1. The van der Waals surface area contributed by atoms with Gasteiger partial charge in [0.05, 0.1) is 41.6 Å². The molecular formula is C30H30FN5O4. The van der Waals surface area contributed by atoms with Gasteiger partial charge in [0, 0.05) is 54.9 Å². The molecule has 2 aromatic carbocycles. The number of ether oxygens (including phenoxy) is 1. The van der Waals surface area contributed by atoms with Crippen LogP contribution in [0, 0.1) is 5.82 Å². The molecule has 2 saturated heterocycles. The van der Waals surface area contributed by atoms with E-state index in [9.17, 15) is 14.7 Å². The molecule has 0 saturated carbocycles. The number of aromatic nitrogens is 2. The number of hydrogen-bond acceptors (Lipinski definition) is 7. The minimum atomic E-state index is -0.517. The molecule has 0 atom stereocenters. The third-order valence-corrected chi connectivity index (χ3v) is 7.49. The molecule has 2 aromatic heterocycles. The number of aromatic amines is 1.